The highest BCUT2D eigenvalue weighted by molar-refractivity contribution is 5.65. The van der Waals surface area contributed by atoms with Gasteiger partial charge in [0.1, 0.15) is 0 Å². The van der Waals surface area contributed by atoms with Gasteiger partial charge in [-0.2, -0.15) is 0 Å². The minimum atomic E-state index is -0.312. The molecule has 0 heterocycles. The molecule has 0 aromatic heterocycles. The van der Waals surface area contributed by atoms with Crippen LogP contribution in [-0.4, -0.2) is 24.3 Å². The van der Waals surface area contributed by atoms with Crippen LogP contribution in [0.5, 0.6) is 0 Å². The lowest BCUT2D eigenvalue weighted by atomic mass is 10.1. The summed E-state index contributed by atoms with van der Waals surface area (Å²) in [6, 6.07) is 0. The maximum atomic E-state index is 10.3. The number of allylic oxidation sites excluding steroid dienone is 1. The minimum Gasteiger partial charge on any atom is -0.465 e. The van der Waals surface area contributed by atoms with Crippen molar-refractivity contribution >= 4 is 5.97 Å². The zero-order valence-corrected chi connectivity index (χ0v) is 6.75. The number of carbonyl (C=O) groups excluding carboxylic acids is 1. The highest BCUT2D eigenvalue weighted by Gasteiger charge is 2.06. The van der Waals surface area contributed by atoms with E-state index < -0.39 is 0 Å². The van der Waals surface area contributed by atoms with E-state index >= 15 is 0 Å². The highest BCUT2D eigenvalue weighted by Crippen LogP contribution is 2.02. The molecule has 3 heteroatoms. The van der Waals surface area contributed by atoms with Crippen LogP contribution in [0.15, 0.2) is 12.7 Å². The number of aliphatic hydroxyl groups excluding tert-OH is 1. The van der Waals surface area contributed by atoms with Crippen molar-refractivity contribution in [1.29, 1.82) is 0 Å². The van der Waals surface area contributed by atoms with E-state index in [4.69, 9.17) is 9.84 Å². The maximum absolute atomic E-state index is 10.3. The van der Waals surface area contributed by atoms with Gasteiger partial charge in [-0.05, 0) is 6.42 Å². The lowest BCUT2D eigenvalue weighted by molar-refractivity contribution is -0.142. The average Bonchev–Trinajstić information content (AvgIpc) is 1.97. The van der Waals surface area contributed by atoms with E-state index in [0.29, 0.717) is 6.42 Å². The molecule has 3 nitrogen and oxygen atoms in total. The van der Waals surface area contributed by atoms with E-state index in [-0.39, 0.29) is 25.1 Å². The smallest absolute Gasteiger partial charge is 0.302 e. The molecule has 0 amide bonds. The first-order chi connectivity index (χ1) is 5.20. The van der Waals surface area contributed by atoms with Gasteiger partial charge in [-0.25, -0.2) is 0 Å². The molecule has 64 valence electrons. The normalized spacial score (nSPS) is 12.2. The largest absolute Gasteiger partial charge is 0.465 e. The summed E-state index contributed by atoms with van der Waals surface area (Å²) in [5.74, 6) is -0.316. The molecule has 0 saturated carbocycles. The summed E-state index contributed by atoms with van der Waals surface area (Å²) >= 11 is 0. The zero-order chi connectivity index (χ0) is 8.69. The molecule has 0 saturated heterocycles. The summed E-state index contributed by atoms with van der Waals surface area (Å²) in [6.07, 6.45) is 2.37. The number of rotatable bonds is 5. The van der Waals surface area contributed by atoms with Gasteiger partial charge in [0.05, 0.1) is 6.61 Å². The Labute approximate surface area is 66.7 Å². The first-order valence-electron chi connectivity index (χ1n) is 3.55. The summed E-state index contributed by atoms with van der Waals surface area (Å²) in [5, 5.41) is 8.73. The predicted octanol–water partition coefficient (Wildman–Crippen LogP) is 0.734. The van der Waals surface area contributed by atoms with Crippen LogP contribution >= 0.6 is 0 Å². The standard InChI is InChI=1S/C8H14O3/c1-3-4-8(5-9)6-11-7(2)10/h3,8-9H,1,4-6H2,2H3/t8-/m1/s1. The second-order valence-corrected chi connectivity index (χ2v) is 2.38. The van der Waals surface area contributed by atoms with Crippen molar-refractivity contribution in [3.63, 3.8) is 0 Å². The van der Waals surface area contributed by atoms with E-state index in [0.717, 1.165) is 0 Å². The van der Waals surface area contributed by atoms with Gasteiger partial charge in [-0.15, -0.1) is 6.58 Å². The number of aliphatic hydroxyl groups is 1. The molecule has 0 radical (unpaired) electrons. The number of hydrogen-bond donors (Lipinski definition) is 1. The van der Waals surface area contributed by atoms with Crippen LogP contribution in [0.25, 0.3) is 0 Å². The van der Waals surface area contributed by atoms with Gasteiger partial charge in [0.25, 0.3) is 0 Å². The van der Waals surface area contributed by atoms with Crippen molar-refractivity contribution in [2.75, 3.05) is 13.2 Å². The Morgan fingerprint density at radius 1 is 1.82 bits per heavy atom. The van der Waals surface area contributed by atoms with E-state index in [1.807, 2.05) is 0 Å². The number of esters is 1. The average molecular weight is 158 g/mol. The molecule has 0 rings (SSSR count). The van der Waals surface area contributed by atoms with Gasteiger partial charge in [-0.3, -0.25) is 4.79 Å². The van der Waals surface area contributed by atoms with Gasteiger partial charge >= 0.3 is 5.97 Å². The molecular weight excluding hydrogens is 144 g/mol. The van der Waals surface area contributed by atoms with E-state index in [1.54, 1.807) is 6.08 Å². The van der Waals surface area contributed by atoms with E-state index in [1.165, 1.54) is 6.92 Å². The quantitative estimate of drug-likeness (QED) is 0.474. The van der Waals surface area contributed by atoms with Crippen molar-refractivity contribution in [2.45, 2.75) is 13.3 Å². The fourth-order valence-corrected chi connectivity index (χ4v) is 0.666. The number of hydrogen-bond acceptors (Lipinski definition) is 3. The molecule has 0 unspecified atom stereocenters. The molecule has 0 aliphatic rings. The first kappa shape index (κ1) is 10.2. The molecule has 0 aromatic carbocycles. The fourth-order valence-electron chi connectivity index (χ4n) is 0.666. The van der Waals surface area contributed by atoms with Crippen LogP contribution in [0.3, 0.4) is 0 Å². The second-order valence-electron chi connectivity index (χ2n) is 2.38. The fraction of sp³-hybridized carbons (Fsp3) is 0.625. The molecule has 0 fully saturated rings. The second kappa shape index (κ2) is 5.92. The van der Waals surface area contributed by atoms with Crippen molar-refractivity contribution in [2.24, 2.45) is 5.92 Å². The minimum absolute atomic E-state index is 0.00333. The summed E-state index contributed by atoms with van der Waals surface area (Å²) < 4.78 is 4.70. The molecule has 0 spiro atoms. The van der Waals surface area contributed by atoms with Crippen molar-refractivity contribution < 1.29 is 14.6 Å². The third-order valence-electron chi connectivity index (χ3n) is 1.28. The number of carbonyl (C=O) groups is 1. The number of ether oxygens (including phenoxy) is 1. The van der Waals surface area contributed by atoms with Crippen LogP contribution in [0, 0.1) is 5.92 Å². The monoisotopic (exact) mass is 158 g/mol. The summed E-state index contributed by atoms with van der Waals surface area (Å²) in [4.78, 5) is 10.3. The molecule has 0 aliphatic heterocycles. The molecular formula is C8H14O3. The Morgan fingerprint density at radius 2 is 2.45 bits per heavy atom. The third kappa shape index (κ3) is 5.61. The van der Waals surface area contributed by atoms with E-state index in [2.05, 4.69) is 6.58 Å². The molecule has 0 bridgehead atoms. The zero-order valence-electron chi connectivity index (χ0n) is 6.75. The SMILES string of the molecule is C=CC[C@H](CO)COC(C)=O. The van der Waals surface area contributed by atoms with Gasteiger partial charge in [-0.1, -0.05) is 6.08 Å². The van der Waals surface area contributed by atoms with Crippen LogP contribution in [0.2, 0.25) is 0 Å². The van der Waals surface area contributed by atoms with Crippen LogP contribution in [0.1, 0.15) is 13.3 Å². The third-order valence-corrected chi connectivity index (χ3v) is 1.28. The van der Waals surface area contributed by atoms with Crippen molar-refractivity contribution in [3.8, 4) is 0 Å². The van der Waals surface area contributed by atoms with Crippen LogP contribution < -0.4 is 0 Å². The van der Waals surface area contributed by atoms with Gasteiger partial charge < -0.3 is 9.84 Å². The van der Waals surface area contributed by atoms with Crippen LogP contribution in [-0.2, 0) is 9.53 Å². The van der Waals surface area contributed by atoms with Gasteiger partial charge in [0.2, 0.25) is 0 Å². The lowest BCUT2D eigenvalue weighted by Crippen LogP contribution is -2.15. The Kier molecular flexibility index (Phi) is 5.47. The van der Waals surface area contributed by atoms with Crippen molar-refractivity contribution in [3.05, 3.63) is 12.7 Å². The summed E-state index contributed by atoms with van der Waals surface area (Å²) in [5.41, 5.74) is 0. The van der Waals surface area contributed by atoms with Gasteiger partial charge in [0, 0.05) is 19.4 Å². The Morgan fingerprint density at radius 3 is 2.82 bits per heavy atom. The molecule has 1 atom stereocenters. The Hall–Kier alpha value is -0.830. The first-order valence-corrected chi connectivity index (χ1v) is 3.55. The Bertz CT molecular complexity index is 131. The van der Waals surface area contributed by atoms with Crippen LogP contribution in [0.4, 0.5) is 0 Å². The van der Waals surface area contributed by atoms with E-state index in [9.17, 15) is 4.79 Å². The topological polar surface area (TPSA) is 46.5 Å². The summed E-state index contributed by atoms with van der Waals surface area (Å²) in [6.45, 7) is 5.18. The molecule has 1 N–H and O–H groups in total. The van der Waals surface area contributed by atoms with Crippen molar-refractivity contribution in [1.82, 2.24) is 0 Å². The predicted molar refractivity (Wildman–Crippen MR) is 42.0 cm³/mol. The Balaban J connectivity index is 3.51. The summed E-state index contributed by atoms with van der Waals surface area (Å²) in [7, 11) is 0. The molecule has 0 aromatic rings. The highest BCUT2D eigenvalue weighted by atomic mass is 16.5. The molecule has 11 heavy (non-hydrogen) atoms. The van der Waals surface area contributed by atoms with Gasteiger partial charge in [0.15, 0.2) is 0 Å². The maximum Gasteiger partial charge on any atom is 0.302 e. The lowest BCUT2D eigenvalue weighted by Gasteiger charge is -2.10. The molecule has 0 aliphatic carbocycles.